The first kappa shape index (κ1) is 14.9. The molecule has 4 rings (SSSR count). The van der Waals surface area contributed by atoms with Crippen LogP contribution in [-0.2, 0) is 6.42 Å². The van der Waals surface area contributed by atoms with E-state index in [-0.39, 0.29) is 11.9 Å². The molecule has 0 radical (unpaired) electrons. The summed E-state index contributed by atoms with van der Waals surface area (Å²) in [5.41, 5.74) is 1.18. The minimum atomic E-state index is 0.00608. The van der Waals surface area contributed by atoms with Gasteiger partial charge in [0.05, 0.1) is 12.2 Å². The number of rotatable bonds is 3. The third-order valence-electron chi connectivity index (χ3n) is 4.65. The third kappa shape index (κ3) is 2.46. The number of hydrogen-bond donors (Lipinski definition) is 0. The van der Waals surface area contributed by atoms with E-state index in [9.17, 15) is 4.79 Å². The van der Waals surface area contributed by atoms with E-state index in [1.807, 2.05) is 17.3 Å². The Bertz CT molecular complexity index is 867. The first-order chi connectivity index (χ1) is 11.8. The van der Waals surface area contributed by atoms with Gasteiger partial charge in [-0.2, -0.15) is 5.10 Å². The van der Waals surface area contributed by atoms with Crippen molar-refractivity contribution in [3.8, 4) is 0 Å². The topological polar surface area (TPSA) is 68.3 Å². The molecule has 0 aromatic carbocycles. The minimum absolute atomic E-state index is 0.00608. The van der Waals surface area contributed by atoms with Gasteiger partial charge in [-0.3, -0.25) is 4.79 Å². The Labute approximate surface area is 139 Å². The van der Waals surface area contributed by atoms with Crippen LogP contribution in [0, 0.1) is 0 Å². The second-order valence-electron chi connectivity index (χ2n) is 6.10. The Morgan fingerprint density at radius 2 is 2.21 bits per heavy atom. The lowest BCUT2D eigenvalue weighted by Gasteiger charge is -2.34. The lowest BCUT2D eigenvalue weighted by molar-refractivity contribution is 0.0679. The van der Waals surface area contributed by atoms with Crippen molar-refractivity contribution in [1.29, 1.82) is 0 Å². The van der Waals surface area contributed by atoms with Crippen LogP contribution in [0.3, 0.4) is 0 Å². The monoisotopic (exact) mass is 324 g/mol. The number of nitrogens with zero attached hydrogens (tertiary/aromatic N) is 6. The maximum atomic E-state index is 13.0. The van der Waals surface area contributed by atoms with E-state index in [0.29, 0.717) is 17.8 Å². The molecule has 124 valence electrons. The van der Waals surface area contributed by atoms with Crippen molar-refractivity contribution in [3.05, 3.63) is 48.4 Å². The number of aryl methyl sites for hydroxylation is 1. The van der Waals surface area contributed by atoms with Crippen molar-refractivity contribution in [2.24, 2.45) is 0 Å². The fourth-order valence-corrected chi connectivity index (χ4v) is 3.46. The first-order valence-corrected chi connectivity index (χ1v) is 8.37. The smallest absolute Gasteiger partial charge is 0.259 e. The Balaban J connectivity index is 1.59. The first-order valence-electron chi connectivity index (χ1n) is 8.37. The summed E-state index contributed by atoms with van der Waals surface area (Å²) in [7, 11) is 0. The molecule has 4 heterocycles. The summed E-state index contributed by atoms with van der Waals surface area (Å²) in [6.45, 7) is 3.58. The standard InChI is InChI=1S/C17H20N6O/c1-2-15-18-7-10-22(15)13-5-3-8-21(12-13)17(24)14-11-20-23-9-4-6-19-16(14)23/h4,6-7,9-11,13H,2-3,5,8,12H2,1H3. The summed E-state index contributed by atoms with van der Waals surface area (Å²) >= 11 is 0. The zero-order valence-electron chi connectivity index (χ0n) is 13.7. The number of aromatic nitrogens is 5. The zero-order valence-corrected chi connectivity index (χ0v) is 13.7. The number of imidazole rings is 1. The van der Waals surface area contributed by atoms with Crippen LogP contribution in [0.15, 0.2) is 37.1 Å². The van der Waals surface area contributed by atoms with Crippen LogP contribution >= 0.6 is 0 Å². The lowest BCUT2D eigenvalue weighted by atomic mass is 10.0. The molecule has 0 spiro atoms. The second-order valence-corrected chi connectivity index (χ2v) is 6.10. The number of carbonyl (C=O) groups is 1. The molecule has 1 aliphatic heterocycles. The Kier molecular flexibility index (Phi) is 3.76. The molecular formula is C17H20N6O. The fourth-order valence-electron chi connectivity index (χ4n) is 3.46. The van der Waals surface area contributed by atoms with Crippen molar-refractivity contribution in [3.63, 3.8) is 0 Å². The highest BCUT2D eigenvalue weighted by molar-refractivity contribution is 5.99. The van der Waals surface area contributed by atoms with E-state index < -0.39 is 0 Å². The molecular weight excluding hydrogens is 304 g/mol. The van der Waals surface area contributed by atoms with Gasteiger partial charge in [0.15, 0.2) is 5.65 Å². The van der Waals surface area contributed by atoms with E-state index in [0.717, 1.165) is 31.6 Å². The SMILES string of the molecule is CCc1nccn1C1CCCN(C(=O)c2cnn3cccnc23)C1. The van der Waals surface area contributed by atoms with E-state index in [2.05, 4.69) is 26.6 Å². The number of amides is 1. The third-order valence-corrected chi connectivity index (χ3v) is 4.65. The van der Waals surface area contributed by atoms with Crippen LogP contribution in [0.1, 0.15) is 42.0 Å². The Morgan fingerprint density at radius 1 is 1.29 bits per heavy atom. The summed E-state index contributed by atoms with van der Waals surface area (Å²) in [6.07, 6.45) is 11.9. The molecule has 24 heavy (non-hydrogen) atoms. The maximum Gasteiger partial charge on any atom is 0.259 e. The van der Waals surface area contributed by atoms with Crippen molar-refractivity contribution < 1.29 is 4.79 Å². The van der Waals surface area contributed by atoms with Gasteiger partial charge in [0.2, 0.25) is 0 Å². The lowest BCUT2D eigenvalue weighted by Crippen LogP contribution is -2.41. The molecule has 1 unspecified atom stereocenters. The number of fused-ring (bicyclic) bond motifs is 1. The molecule has 3 aromatic heterocycles. The molecule has 1 atom stereocenters. The number of hydrogen-bond acceptors (Lipinski definition) is 4. The van der Waals surface area contributed by atoms with Crippen LogP contribution in [0.2, 0.25) is 0 Å². The number of likely N-dealkylation sites (tertiary alicyclic amines) is 1. The van der Waals surface area contributed by atoms with Crippen molar-refractivity contribution in [2.45, 2.75) is 32.2 Å². The molecule has 1 aliphatic rings. The van der Waals surface area contributed by atoms with Gasteiger partial charge in [0, 0.05) is 44.3 Å². The number of carbonyl (C=O) groups excluding carboxylic acids is 1. The predicted octanol–water partition coefficient (Wildman–Crippen LogP) is 1.97. The summed E-state index contributed by atoms with van der Waals surface area (Å²) in [5.74, 6) is 1.08. The average Bonchev–Trinajstić information content (AvgIpc) is 3.28. The molecule has 7 nitrogen and oxygen atoms in total. The molecule has 1 fully saturated rings. The Hall–Kier alpha value is -2.70. The maximum absolute atomic E-state index is 13.0. The van der Waals surface area contributed by atoms with Crippen molar-refractivity contribution in [1.82, 2.24) is 29.0 Å². The normalized spacial score (nSPS) is 18.2. The van der Waals surface area contributed by atoms with E-state index in [4.69, 9.17) is 0 Å². The summed E-state index contributed by atoms with van der Waals surface area (Å²) in [4.78, 5) is 23.6. The minimum Gasteiger partial charge on any atom is -0.336 e. The van der Waals surface area contributed by atoms with Crippen LogP contribution in [0.4, 0.5) is 0 Å². The van der Waals surface area contributed by atoms with E-state index in [1.54, 1.807) is 29.2 Å². The van der Waals surface area contributed by atoms with E-state index >= 15 is 0 Å². The highest BCUT2D eigenvalue weighted by Crippen LogP contribution is 2.24. The van der Waals surface area contributed by atoms with Gasteiger partial charge >= 0.3 is 0 Å². The largest absolute Gasteiger partial charge is 0.336 e. The number of piperidine rings is 1. The molecule has 0 aliphatic carbocycles. The summed E-state index contributed by atoms with van der Waals surface area (Å²) < 4.78 is 3.85. The van der Waals surface area contributed by atoms with Crippen LogP contribution in [0.5, 0.6) is 0 Å². The highest BCUT2D eigenvalue weighted by Gasteiger charge is 2.28. The van der Waals surface area contributed by atoms with Gasteiger partial charge < -0.3 is 9.47 Å². The van der Waals surface area contributed by atoms with Crippen molar-refractivity contribution in [2.75, 3.05) is 13.1 Å². The molecule has 0 bridgehead atoms. The zero-order chi connectivity index (χ0) is 16.5. The van der Waals surface area contributed by atoms with Gasteiger partial charge in [-0.15, -0.1) is 0 Å². The second kappa shape index (κ2) is 6.07. The summed E-state index contributed by atoms with van der Waals surface area (Å²) in [5, 5.41) is 4.22. The van der Waals surface area contributed by atoms with Gasteiger partial charge in [-0.05, 0) is 18.9 Å². The Morgan fingerprint density at radius 3 is 3.08 bits per heavy atom. The van der Waals surface area contributed by atoms with Gasteiger partial charge in [-0.25, -0.2) is 14.5 Å². The van der Waals surface area contributed by atoms with E-state index in [1.165, 1.54) is 0 Å². The molecule has 3 aromatic rings. The van der Waals surface area contributed by atoms with Crippen LogP contribution in [0.25, 0.3) is 5.65 Å². The fraction of sp³-hybridized carbons (Fsp3) is 0.412. The van der Waals surface area contributed by atoms with Crippen LogP contribution < -0.4 is 0 Å². The molecule has 0 saturated carbocycles. The quantitative estimate of drug-likeness (QED) is 0.738. The predicted molar refractivity (Wildman–Crippen MR) is 88.8 cm³/mol. The highest BCUT2D eigenvalue weighted by atomic mass is 16.2. The summed E-state index contributed by atoms with van der Waals surface area (Å²) in [6, 6.07) is 2.09. The van der Waals surface area contributed by atoms with Crippen molar-refractivity contribution >= 4 is 11.6 Å². The molecule has 1 saturated heterocycles. The average molecular weight is 324 g/mol. The van der Waals surface area contributed by atoms with Gasteiger partial charge in [-0.1, -0.05) is 6.92 Å². The molecule has 1 amide bonds. The van der Waals surface area contributed by atoms with Crippen LogP contribution in [-0.4, -0.2) is 48.0 Å². The van der Waals surface area contributed by atoms with Gasteiger partial charge in [0.25, 0.3) is 5.91 Å². The molecule has 0 N–H and O–H groups in total. The van der Waals surface area contributed by atoms with Gasteiger partial charge in [0.1, 0.15) is 11.4 Å². The molecule has 7 heteroatoms.